The SMILES string of the molecule is C[C@@H](CN1CCC(Cc2ccccc2)CC1)C(=O)c1ccc(OCc2ccccc2)cc1.O=C(O)[C@@H](O)c1ccccc1. The number of ether oxygens (including phenoxy) is 1. The highest BCUT2D eigenvalue weighted by atomic mass is 16.5. The molecule has 0 amide bonds. The number of benzene rings is 4. The number of aliphatic carboxylic acids is 1. The average Bonchev–Trinajstić information content (AvgIpc) is 3.06. The van der Waals surface area contributed by atoms with Crippen LogP contribution in [0.5, 0.6) is 5.75 Å². The minimum atomic E-state index is -1.41. The largest absolute Gasteiger partial charge is 0.489 e. The van der Waals surface area contributed by atoms with Crippen molar-refractivity contribution in [3.63, 3.8) is 0 Å². The number of rotatable bonds is 11. The molecule has 0 radical (unpaired) electrons. The molecule has 43 heavy (non-hydrogen) atoms. The highest BCUT2D eigenvalue weighted by Gasteiger charge is 2.23. The Morgan fingerprint density at radius 3 is 1.88 bits per heavy atom. The van der Waals surface area contributed by atoms with E-state index in [1.165, 1.54) is 24.8 Å². The summed E-state index contributed by atoms with van der Waals surface area (Å²) in [6.45, 7) is 5.59. The molecule has 6 heteroatoms. The Kier molecular flexibility index (Phi) is 12.1. The Bertz CT molecular complexity index is 1390. The zero-order chi connectivity index (χ0) is 30.4. The van der Waals surface area contributed by atoms with Gasteiger partial charge in [-0.15, -0.1) is 0 Å². The van der Waals surface area contributed by atoms with Crippen molar-refractivity contribution in [1.29, 1.82) is 0 Å². The first-order chi connectivity index (χ1) is 20.9. The Labute approximate surface area is 254 Å². The van der Waals surface area contributed by atoms with Crippen molar-refractivity contribution in [3.05, 3.63) is 138 Å². The lowest BCUT2D eigenvalue weighted by Gasteiger charge is -2.33. The fourth-order valence-corrected chi connectivity index (χ4v) is 5.31. The van der Waals surface area contributed by atoms with Crippen molar-refractivity contribution in [2.24, 2.45) is 11.8 Å². The summed E-state index contributed by atoms with van der Waals surface area (Å²) in [7, 11) is 0. The summed E-state index contributed by atoms with van der Waals surface area (Å²) in [5, 5.41) is 17.4. The van der Waals surface area contributed by atoms with Crippen molar-refractivity contribution < 1.29 is 24.5 Å². The molecule has 1 heterocycles. The number of ketones is 1. The van der Waals surface area contributed by atoms with Crippen LogP contribution in [0.3, 0.4) is 0 Å². The molecule has 4 aromatic carbocycles. The quantitative estimate of drug-likeness (QED) is 0.189. The number of carboxylic acids is 1. The molecule has 2 atom stereocenters. The fourth-order valence-electron chi connectivity index (χ4n) is 5.31. The van der Waals surface area contributed by atoms with Crippen LogP contribution in [-0.2, 0) is 17.8 Å². The molecule has 224 valence electrons. The third-order valence-electron chi connectivity index (χ3n) is 7.79. The maximum Gasteiger partial charge on any atom is 0.337 e. The van der Waals surface area contributed by atoms with Crippen molar-refractivity contribution in [2.75, 3.05) is 19.6 Å². The molecule has 6 nitrogen and oxygen atoms in total. The Morgan fingerprint density at radius 2 is 1.33 bits per heavy atom. The van der Waals surface area contributed by atoms with Crippen LogP contribution < -0.4 is 4.74 Å². The van der Waals surface area contributed by atoms with Crippen LogP contribution in [-0.4, -0.2) is 46.5 Å². The number of hydrogen-bond donors (Lipinski definition) is 2. The number of hydrogen-bond acceptors (Lipinski definition) is 5. The second kappa shape index (κ2) is 16.4. The Morgan fingerprint density at radius 1 is 0.791 bits per heavy atom. The summed E-state index contributed by atoms with van der Waals surface area (Å²) in [5.74, 6) is 0.528. The monoisotopic (exact) mass is 579 g/mol. The van der Waals surface area contributed by atoms with Gasteiger partial charge in [0, 0.05) is 18.0 Å². The number of carboxylic acid groups (broad SMARTS) is 1. The summed E-state index contributed by atoms with van der Waals surface area (Å²) in [5.41, 5.74) is 3.74. The van der Waals surface area contributed by atoms with Crippen LogP contribution in [0.15, 0.2) is 115 Å². The van der Waals surface area contributed by atoms with Gasteiger partial charge >= 0.3 is 5.97 Å². The lowest BCUT2D eigenvalue weighted by Crippen LogP contribution is -2.38. The Hall–Kier alpha value is -4.26. The van der Waals surface area contributed by atoms with Gasteiger partial charge in [-0.25, -0.2) is 4.79 Å². The lowest BCUT2D eigenvalue weighted by atomic mass is 9.89. The van der Waals surface area contributed by atoms with Gasteiger partial charge in [-0.05, 0) is 79.2 Å². The number of Topliss-reactive ketones (excluding diaryl/α,β-unsaturated/α-hetero) is 1. The molecule has 1 saturated heterocycles. The zero-order valence-electron chi connectivity index (χ0n) is 24.7. The van der Waals surface area contributed by atoms with E-state index in [0.29, 0.717) is 12.2 Å². The summed E-state index contributed by atoms with van der Waals surface area (Å²) in [6, 6.07) is 36.7. The van der Waals surface area contributed by atoms with E-state index in [0.717, 1.165) is 42.4 Å². The number of carbonyl (C=O) groups is 2. The van der Waals surface area contributed by atoms with Crippen molar-refractivity contribution in [3.8, 4) is 5.75 Å². The van der Waals surface area contributed by atoms with Crippen molar-refractivity contribution in [2.45, 2.75) is 38.9 Å². The van der Waals surface area contributed by atoms with Crippen molar-refractivity contribution in [1.82, 2.24) is 4.90 Å². The standard InChI is InChI=1S/C29H33NO2.C8H8O3/c1-23(21-30-18-16-25(17-19-30)20-24-8-4-2-5-9-24)29(31)27-12-14-28(15-13-27)32-22-26-10-6-3-7-11-26;9-7(8(10)11)6-4-2-1-3-5-6/h2-15,23,25H,16-22H2,1H3;1-5,7,9H,(H,10,11)/t23-;7-/m00/s1. The van der Waals surface area contributed by atoms with E-state index < -0.39 is 12.1 Å². The molecular weight excluding hydrogens is 538 g/mol. The maximum atomic E-state index is 12.9. The number of piperidine rings is 1. The number of aliphatic hydroxyl groups is 1. The van der Waals surface area contributed by atoms with E-state index in [2.05, 4.69) is 42.2 Å². The highest BCUT2D eigenvalue weighted by molar-refractivity contribution is 5.97. The molecule has 0 aromatic heterocycles. The fraction of sp³-hybridized carbons (Fsp3) is 0.297. The van der Waals surface area contributed by atoms with Gasteiger partial charge < -0.3 is 19.8 Å². The van der Waals surface area contributed by atoms with Gasteiger partial charge in [0.1, 0.15) is 12.4 Å². The molecule has 0 aliphatic carbocycles. The van der Waals surface area contributed by atoms with E-state index in [4.69, 9.17) is 14.9 Å². The van der Waals surface area contributed by atoms with Crippen LogP contribution in [0.25, 0.3) is 0 Å². The zero-order valence-corrected chi connectivity index (χ0v) is 24.7. The van der Waals surface area contributed by atoms with Crippen LogP contribution in [0.4, 0.5) is 0 Å². The summed E-state index contributed by atoms with van der Waals surface area (Å²) in [4.78, 5) is 25.7. The first kappa shape index (κ1) is 31.7. The van der Waals surface area contributed by atoms with Crippen LogP contribution in [0, 0.1) is 11.8 Å². The molecule has 0 saturated carbocycles. The summed E-state index contributed by atoms with van der Waals surface area (Å²) in [6.07, 6.45) is 2.19. The van der Waals surface area contributed by atoms with Crippen LogP contribution >= 0.6 is 0 Å². The molecule has 1 aliphatic rings. The van der Waals surface area contributed by atoms with Crippen LogP contribution in [0.1, 0.15) is 52.9 Å². The van der Waals surface area contributed by atoms with E-state index in [1.807, 2.05) is 54.6 Å². The lowest BCUT2D eigenvalue weighted by molar-refractivity contribution is -0.146. The number of nitrogens with zero attached hydrogens (tertiary/aromatic N) is 1. The van der Waals surface area contributed by atoms with E-state index in [9.17, 15) is 9.59 Å². The van der Waals surface area contributed by atoms with Gasteiger partial charge in [0.05, 0.1) is 0 Å². The van der Waals surface area contributed by atoms with Crippen LogP contribution in [0.2, 0.25) is 0 Å². The predicted octanol–water partition coefficient (Wildman–Crippen LogP) is 6.84. The number of aliphatic hydroxyl groups excluding tert-OH is 1. The Balaban J connectivity index is 0.000000324. The normalized spacial score (nSPS) is 15.0. The van der Waals surface area contributed by atoms with Gasteiger partial charge in [-0.2, -0.15) is 0 Å². The molecule has 4 aromatic rings. The second-order valence-electron chi connectivity index (χ2n) is 11.1. The average molecular weight is 580 g/mol. The highest BCUT2D eigenvalue weighted by Crippen LogP contribution is 2.23. The topological polar surface area (TPSA) is 87.1 Å². The summed E-state index contributed by atoms with van der Waals surface area (Å²) < 4.78 is 5.84. The maximum absolute atomic E-state index is 12.9. The third kappa shape index (κ3) is 10.2. The predicted molar refractivity (Wildman–Crippen MR) is 169 cm³/mol. The molecule has 1 fully saturated rings. The summed E-state index contributed by atoms with van der Waals surface area (Å²) >= 11 is 0. The molecule has 1 aliphatic heterocycles. The molecule has 2 N–H and O–H groups in total. The van der Waals surface area contributed by atoms with E-state index in [1.54, 1.807) is 30.3 Å². The third-order valence-corrected chi connectivity index (χ3v) is 7.79. The molecule has 0 bridgehead atoms. The second-order valence-corrected chi connectivity index (χ2v) is 11.1. The first-order valence-corrected chi connectivity index (χ1v) is 14.9. The number of likely N-dealkylation sites (tertiary alicyclic amines) is 1. The molecule has 0 unspecified atom stereocenters. The first-order valence-electron chi connectivity index (χ1n) is 14.9. The van der Waals surface area contributed by atoms with Gasteiger partial charge in [0.2, 0.25) is 0 Å². The number of carbonyl (C=O) groups excluding carboxylic acids is 1. The molecule has 0 spiro atoms. The van der Waals surface area contributed by atoms with Gasteiger partial charge in [0.15, 0.2) is 11.9 Å². The smallest absolute Gasteiger partial charge is 0.337 e. The van der Waals surface area contributed by atoms with E-state index in [-0.39, 0.29) is 11.7 Å². The van der Waals surface area contributed by atoms with Gasteiger partial charge in [-0.3, -0.25) is 4.79 Å². The van der Waals surface area contributed by atoms with Crippen molar-refractivity contribution >= 4 is 11.8 Å². The van der Waals surface area contributed by atoms with E-state index >= 15 is 0 Å². The molecule has 5 rings (SSSR count). The van der Waals surface area contributed by atoms with Gasteiger partial charge in [0.25, 0.3) is 0 Å². The minimum Gasteiger partial charge on any atom is -0.489 e. The minimum absolute atomic E-state index is 0.00300. The van der Waals surface area contributed by atoms with Gasteiger partial charge in [-0.1, -0.05) is 97.9 Å². The molecular formula is C37H41NO5.